The summed E-state index contributed by atoms with van der Waals surface area (Å²) in [5.74, 6) is 1.95. The predicted molar refractivity (Wildman–Crippen MR) is 121 cm³/mol. The zero-order chi connectivity index (χ0) is 20.7. The predicted octanol–water partition coefficient (Wildman–Crippen LogP) is 3.98. The van der Waals surface area contributed by atoms with E-state index in [-0.39, 0.29) is 11.7 Å². The van der Waals surface area contributed by atoms with Crippen LogP contribution < -0.4 is 9.62 Å². The van der Waals surface area contributed by atoms with Crippen molar-refractivity contribution in [2.75, 3.05) is 28.9 Å². The van der Waals surface area contributed by atoms with E-state index in [9.17, 15) is 13.2 Å². The van der Waals surface area contributed by atoms with Crippen LogP contribution in [0.25, 0.3) is 0 Å². The summed E-state index contributed by atoms with van der Waals surface area (Å²) in [6, 6.07) is 15.4. The van der Waals surface area contributed by atoms with Crippen molar-refractivity contribution in [2.24, 2.45) is 0 Å². The number of carbonyl (C=O) groups excluding carboxylic acids is 1. The van der Waals surface area contributed by atoms with Crippen LogP contribution in [0, 0.1) is 6.92 Å². The molecule has 0 spiro atoms. The van der Waals surface area contributed by atoms with Crippen molar-refractivity contribution in [2.45, 2.75) is 31.9 Å². The minimum absolute atomic E-state index is 0.162. The van der Waals surface area contributed by atoms with Crippen LogP contribution in [0.4, 0.5) is 5.69 Å². The Balaban J connectivity index is 1.45. The first-order chi connectivity index (χ1) is 14.0. The van der Waals surface area contributed by atoms with Gasteiger partial charge in [-0.3, -0.25) is 9.10 Å². The van der Waals surface area contributed by atoms with Crippen molar-refractivity contribution >= 4 is 33.4 Å². The normalized spacial score (nSPS) is 15.8. The number of aryl methyl sites for hydroxylation is 1. The molecular formula is C22H28N2O3S2. The Labute approximate surface area is 177 Å². The summed E-state index contributed by atoms with van der Waals surface area (Å²) in [5.41, 5.74) is 3.67. The molecule has 0 radical (unpaired) electrons. The molecule has 156 valence electrons. The van der Waals surface area contributed by atoms with E-state index in [1.54, 1.807) is 24.3 Å². The molecule has 7 heteroatoms. The second-order valence-electron chi connectivity index (χ2n) is 7.30. The van der Waals surface area contributed by atoms with Gasteiger partial charge in [0.2, 0.25) is 10.0 Å². The first-order valence-corrected chi connectivity index (χ1v) is 12.7. The van der Waals surface area contributed by atoms with Crippen LogP contribution in [0.1, 0.15) is 40.7 Å². The first kappa shape index (κ1) is 21.7. The van der Waals surface area contributed by atoms with Gasteiger partial charge < -0.3 is 5.32 Å². The zero-order valence-electron chi connectivity index (χ0n) is 16.8. The maximum absolute atomic E-state index is 12.4. The third kappa shape index (κ3) is 6.24. The Morgan fingerprint density at radius 3 is 2.76 bits per heavy atom. The Kier molecular flexibility index (Phi) is 7.61. The molecular weight excluding hydrogens is 404 g/mol. The number of thioether (sulfide) groups is 1. The molecule has 0 aliphatic carbocycles. The lowest BCUT2D eigenvalue weighted by atomic mass is 10.2. The van der Waals surface area contributed by atoms with Crippen molar-refractivity contribution in [3.8, 4) is 0 Å². The molecule has 1 saturated heterocycles. The molecule has 1 amide bonds. The van der Waals surface area contributed by atoms with Crippen molar-refractivity contribution in [1.82, 2.24) is 5.32 Å². The van der Waals surface area contributed by atoms with E-state index in [2.05, 4.69) is 36.5 Å². The van der Waals surface area contributed by atoms with Crippen molar-refractivity contribution in [1.29, 1.82) is 0 Å². The van der Waals surface area contributed by atoms with Crippen LogP contribution in [-0.2, 0) is 15.8 Å². The highest BCUT2D eigenvalue weighted by Crippen LogP contribution is 2.24. The largest absolute Gasteiger partial charge is 0.352 e. The quantitative estimate of drug-likeness (QED) is 0.641. The summed E-state index contributed by atoms with van der Waals surface area (Å²) in [4.78, 5) is 12.4. The summed E-state index contributed by atoms with van der Waals surface area (Å²) >= 11 is 1.86. The van der Waals surface area contributed by atoms with Crippen LogP contribution in [-0.4, -0.2) is 38.9 Å². The minimum atomic E-state index is -3.27. The van der Waals surface area contributed by atoms with E-state index in [1.807, 2.05) is 11.8 Å². The number of hydrogen-bond donors (Lipinski definition) is 1. The van der Waals surface area contributed by atoms with Crippen LogP contribution in [0.5, 0.6) is 0 Å². The summed E-state index contributed by atoms with van der Waals surface area (Å²) < 4.78 is 26.0. The van der Waals surface area contributed by atoms with Crippen LogP contribution in [0.2, 0.25) is 0 Å². The summed E-state index contributed by atoms with van der Waals surface area (Å²) in [6.07, 6.45) is 2.43. The molecule has 0 aromatic heterocycles. The number of nitrogens with one attached hydrogen (secondary N) is 1. The lowest BCUT2D eigenvalue weighted by Crippen LogP contribution is -2.38. The smallest absolute Gasteiger partial charge is 0.251 e. The highest BCUT2D eigenvalue weighted by atomic mass is 32.2. The van der Waals surface area contributed by atoms with Gasteiger partial charge in [-0.1, -0.05) is 35.9 Å². The molecule has 5 nitrogen and oxygen atoms in total. The zero-order valence-corrected chi connectivity index (χ0v) is 18.4. The molecule has 1 aliphatic heterocycles. The van der Waals surface area contributed by atoms with Crippen LogP contribution in [0.15, 0.2) is 48.5 Å². The molecule has 2 aromatic rings. The average molecular weight is 433 g/mol. The maximum atomic E-state index is 12.4. The van der Waals surface area contributed by atoms with Crippen molar-refractivity contribution in [3.63, 3.8) is 0 Å². The molecule has 0 unspecified atom stereocenters. The second-order valence-corrected chi connectivity index (χ2v) is 10.4. The lowest BCUT2D eigenvalue weighted by molar-refractivity contribution is 0.0954. The number of rotatable bonds is 8. The highest BCUT2D eigenvalue weighted by molar-refractivity contribution is 7.98. The number of benzene rings is 2. The average Bonchev–Trinajstić information content (AvgIpc) is 2.70. The maximum Gasteiger partial charge on any atom is 0.251 e. The standard InChI is InChI=1S/C22H28N2O3S2/c1-18-7-4-8-19(15-18)17-28-13-6-11-23-22(25)20-9-5-10-21(16-20)24-12-2-3-14-29(24,26)27/h4-5,7-10,15-16H,2-3,6,11-14,17H2,1H3,(H,23,25). The number of hydrogen-bond acceptors (Lipinski definition) is 4. The first-order valence-electron chi connectivity index (χ1n) is 9.98. The molecule has 0 bridgehead atoms. The molecule has 2 aromatic carbocycles. The second kappa shape index (κ2) is 10.2. The van der Waals surface area contributed by atoms with Gasteiger partial charge in [-0.2, -0.15) is 11.8 Å². The Morgan fingerprint density at radius 2 is 1.97 bits per heavy atom. The molecule has 0 atom stereocenters. The summed E-state index contributed by atoms with van der Waals surface area (Å²) in [7, 11) is -3.27. The monoisotopic (exact) mass is 432 g/mol. The molecule has 29 heavy (non-hydrogen) atoms. The van der Waals surface area contributed by atoms with Gasteiger partial charge in [0.15, 0.2) is 0 Å². The molecule has 1 aliphatic rings. The fourth-order valence-corrected chi connectivity index (χ4v) is 5.89. The highest BCUT2D eigenvalue weighted by Gasteiger charge is 2.26. The van der Waals surface area contributed by atoms with Gasteiger partial charge in [-0.05, 0) is 55.7 Å². The SMILES string of the molecule is Cc1cccc(CSCCCNC(=O)c2cccc(N3CCCCS3(=O)=O)c2)c1. The third-order valence-electron chi connectivity index (χ3n) is 4.85. The van der Waals surface area contributed by atoms with Crippen molar-refractivity contribution < 1.29 is 13.2 Å². The molecule has 3 rings (SSSR count). The van der Waals surface area contributed by atoms with Gasteiger partial charge in [0.25, 0.3) is 5.91 Å². The fourth-order valence-electron chi connectivity index (χ4n) is 3.35. The van der Waals surface area contributed by atoms with Crippen LogP contribution >= 0.6 is 11.8 Å². The van der Waals surface area contributed by atoms with E-state index in [4.69, 9.17) is 0 Å². The number of sulfonamides is 1. The van der Waals surface area contributed by atoms with E-state index in [0.29, 0.717) is 30.8 Å². The number of amides is 1. The fraction of sp³-hybridized carbons (Fsp3) is 0.409. The minimum Gasteiger partial charge on any atom is -0.352 e. The molecule has 1 heterocycles. The van der Waals surface area contributed by atoms with Crippen LogP contribution in [0.3, 0.4) is 0 Å². The lowest BCUT2D eigenvalue weighted by Gasteiger charge is -2.28. The van der Waals surface area contributed by atoms with E-state index < -0.39 is 10.0 Å². The third-order valence-corrected chi connectivity index (χ3v) is 7.83. The van der Waals surface area contributed by atoms with Gasteiger partial charge >= 0.3 is 0 Å². The van der Waals surface area contributed by atoms with Crippen molar-refractivity contribution in [3.05, 3.63) is 65.2 Å². The van der Waals surface area contributed by atoms with Gasteiger partial charge in [0, 0.05) is 24.4 Å². The van der Waals surface area contributed by atoms with E-state index in [1.165, 1.54) is 15.4 Å². The number of carbonyl (C=O) groups is 1. The van der Waals surface area contributed by atoms with Gasteiger partial charge in [-0.15, -0.1) is 0 Å². The van der Waals surface area contributed by atoms with Gasteiger partial charge in [0.05, 0.1) is 11.4 Å². The Hall–Kier alpha value is -1.99. The summed E-state index contributed by atoms with van der Waals surface area (Å²) in [5, 5.41) is 2.94. The van der Waals surface area contributed by atoms with E-state index >= 15 is 0 Å². The summed E-state index contributed by atoms with van der Waals surface area (Å²) in [6.45, 7) is 3.18. The van der Waals surface area contributed by atoms with Gasteiger partial charge in [0.1, 0.15) is 0 Å². The van der Waals surface area contributed by atoms with Gasteiger partial charge in [-0.25, -0.2) is 8.42 Å². The number of nitrogens with zero attached hydrogens (tertiary/aromatic N) is 1. The molecule has 1 fully saturated rings. The number of anilines is 1. The topological polar surface area (TPSA) is 66.5 Å². The Bertz CT molecular complexity index is 945. The molecule has 1 N–H and O–H groups in total. The van der Waals surface area contributed by atoms with E-state index in [0.717, 1.165) is 24.3 Å². The molecule has 0 saturated carbocycles. The Morgan fingerprint density at radius 1 is 1.14 bits per heavy atom.